The molecule has 66 valence electrons. The number of aliphatic hydroxyl groups is 1. The molecule has 0 heterocycles. The van der Waals surface area contributed by atoms with Crippen molar-refractivity contribution in [3.8, 4) is 0 Å². The van der Waals surface area contributed by atoms with Crippen LogP contribution in [0.2, 0.25) is 0 Å². The van der Waals surface area contributed by atoms with Gasteiger partial charge in [0.1, 0.15) is 0 Å². The molecule has 0 unspecified atom stereocenters. The summed E-state index contributed by atoms with van der Waals surface area (Å²) in [6.45, 7) is -0.165. The Morgan fingerprint density at radius 1 is 1.46 bits per heavy atom. The predicted molar refractivity (Wildman–Crippen MR) is 39.0 cm³/mol. The number of aliphatic hydroxyl groups excluding tert-OH is 1. The molecule has 6 heteroatoms. The minimum absolute atomic E-state index is 0. The van der Waals surface area contributed by atoms with Gasteiger partial charge in [-0.3, -0.25) is 10.1 Å². The topological polar surface area (TPSA) is 63.4 Å². The number of rotatable bonds is 2. The Balaban J connectivity index is 0. The van der Waals surface area contributed by atoms with E-state index in [4.69, 9.17) is 5.11 Å². The number of hydrogen-bond acceptors (Lipinski definition) is 3. The summed E-state index contributed by atoms with van der Waals surface area (Å²) < 4.78 is 0. The number of non-ortho nitro benzene ring substituents is 1. The zero-order valence-corrected chi connectivity index (χ0v) is 11.3. The fourth-order valence-electron chi connectivity index (χ4n) is 0.768. The van der Waals surface area contributed by atoms with E-state index in [-0.39, 0.29) is 65.8 Å². The first-order chi connectivity index (χ1) is 5.24. The van der Waals surface area contributed by atoms with Crippen molar-refractivity contribution in [2.24, 2.45) is 0 Å². The van der Waals surface area contributed by atoms with E-state index in [1.807, 2.05) is 0 Å². The van der Waals surface area contributed by atoms with Gasteiger partial charge in [0.05, 0.1) is 11.5 Å². The molecule has 0 aliphatic heterocycles. The Hall–Kier alpha value is 0.310. The SMILES string of the molecule is O=[N+]([O-])c1cccc(CO)c1.[I-].[Na+]. The van der Waals surface area contributed by atoms with Crippen molar-refractivity contribution in [3.05, 3.63) is 39.9 Å². The van der Waals surface area contributed by atoms with Crippen LogP contribution in [0.25, 0.3) is 0 Å². The summed E-state index contributed by atoms with van der Waals surface area (Å²) >= 11 is 0. The van der Waals surface area contributed by atoms with Crippen molar-refractivity contribution in [2.75, 3.05) is 0 Å². The van der Waals surface area contributed by atoms with E-state index in [1.54, 1.807) is 12.1 Å². The molecule has 0 radical (unpaired) electrons. The van der Waals surface area contributed by atoms with Crippen LogP contribution in [0, 0.1) is 10.1 Å². The zero-order chi connectivity index (χ0) is 8.27. The molecule has 1 rings (SSSR count). The van der Waals surface area contributed by atoms with Gasteiger partial charge in [-0.05, 0) is 5.56 Å². The van der Waals surface area contributed by atoms with Gasteiger partial charge in [0.2, 0.25) is 0 Å². The van der Waals surface area contributed by atoms with Crippen LogP contribution in [0.1, 0.15) is 5.56 Å². The van der Waals surface area contributed by atoms with Gasteiger partial charge in [-0.15, -0.1) is 0 Å². The van der Waals surface area contributed by atoms with Crippen molar-refractivity contribution >= 4 is 5.69 Å². The van der Waals surface area contributed by atoms with Gasteiger partial charge in [-0.1, -0.05) is 12.1 Å². The van der Waals surface area contributed by atoms with E-state index in [0.29, 0.717) is 5.56 Å². The van der Waals surface area contributed by atoms with Gasteiger partial charge in [-0.2, -0.15) is 0 Å². The van der Waals surface area contributed by atoms with Crippen LogP contribution in [-0.2, 0) is 6.61 Å². The maximum Gasteiger partial charge on any atom is 1.00 e. The molecule has 0 saturated heterocycles. The molecule has 0 aliphatic rings. The largest absolute Gasteiger partial charge is 1.00 e. The molecule has 1 aromatic rings. The van der Waals surface area contributed by atoms with Gasteiger partial charge in [-0.25, -0.2) is 0 Å². The number of benzene rings is 1. The Kier molecular flexibility index (Phi) is 9.33. The van der Waals surface area contributed by atoms with Crippen LogP contribution in [0.5, 0.6) is 0 Å². The molecule has 0 saturated carbocycles. The van der Waals surface area contributed by atoms with E-state index in [9.17, 15) is 10.1 Å². The van der Waals surface area contributed by atoms with Crippen molar-refractivity contribution in [2.45, 2.75) is 6.61 Å². The number of hydrogen-bond donors (Lipinski definition) is 1. The third-order valence-corrected chi connectivity index (χ3v) is 1.30. The molecule has 4 nitrogen and oxygen atoms in total. The van der Waals surface area contributed by atoms with Crippen LogP contribution < -0.4 is 53.5 Å². The number of nitrogens with zero attached hydrogens (tertiary/aromatic N) is 1. The van der Waals surface area contributed by atoms with Crippen LogP contribution >= 0.6 is 0 Å². The first kappa shape index (κ1) is 15.8. The summed E-state index contributed by atoms with van der Waals surface area (Å²) in [4.78, 5) is 9.71. The van der Waals surface area contributed by atoms with Gasteiger partial charge < -0.3 is 29.1 Å². The summed E-state index contributed by atoms with van der Waals surface area (Å²) in [6.07, 6.45) is 0. The van der Waals surface area contributed by atoms with Crippen LogP contribution in [0.3, 0.4) is 0 Å². The first-order valence-corrected chi connectivity index (χ1v) is 3.08. The summed E-state index contributed by atoms with van der Waals surface area (Å²) in [5.74, 6) is 0. The summed E-state index contributed by atoms with van der Waals surface area (Å²) in [6, 6.07) is 5.91. The number of halogens is 1. The predicted octanol–water partition coefficient (Wildman–Crippen LogP) is -4.90. The monoisotopic (exact) mass is 303 g/mol. The average Bonchev–Trinajstić information content (AvgIpc) is 2.05. The summed E-state index contributed by atoms with van der Waals surface area (Å²) in [7, 11) is 0. The van der Waals surface area contributed by atoms with E-state index in [2.05, 4.69) is 0 Å². The quantitative estimate of drug-likeness (QED) is 0.258. The Morgan fingerprint density at radius 2 is 2.08 bits per heavy atom. The molecule has 1 aromatic carbocycles. The summed E-state index contributed by atoms with van der Waals surface area (Å²) in [5.41, 5.74) is 0.566. The normalized spacial score (nSPS) is 8.08. The first-order valence-electron chi connectivity index (χ1n) is 3.08. The van der Waals surface area contributed by atoms with Gasteiger partial charge in [0.15, 0.2) is 0 Å². The maximum atomic E-state index is 10.2. The third-order valence-electron chi connectivity index (χ3n) is 1.30. The summed E-state index contributed by atoms with van der Waals surface area (Å²) in [5, 5.41) is 18.8. The second-order valence-electron chi connectivity index (χ2n) is 2.09. The second-order valence-corrected chi connectivity index (χ2v) is 2.09. The number of nitro benzene ring substituents is 1. The third kappa shape index (κ3) is 4.92. The second kappa shape index (κ2) is 7.69. The van der Waals surface area contributed by atoms with Crippen molar-refractivity contribution in [1.82, 2.24) is 0 Å². The average molecular weight is 303 g/mol. The van der Waals surface area contributed by atoms with E-state index < -0.39 is 4.92 Å². The van der Waals surface area contributed by atoms with Crippen LogP contribution in [0.4, 0.5) is 5.69 Å². The van der Waals surface area contributed by atoms with Crippen molar-refractivity contribution < 1.29 is 63.6 Å². The van der Waals surface area contributed by atoms with Gasteiger partial charge >= 0.3 is 29.6 Å². The number of nitro groups is 1. The Labute approximate surface area is 115 Å². The molecule has 0 atom stereocenters. The molecular weight excluding hydrogens is 296 g/mol. The molecular formula is C7H7INNaO3. The molecule has 13 heavy (non-hydrogen) atoms. The maximum absolute atomic E-state index is 10.2. The van der Waals surface area contributed by atoms with E-state index in [0.717, 1.165) is 0 Å². The smallest absolute Gasteiger partial charge is 1.00 e. The van der Waals surface area contributed by atoms with Crippen molar-refractivity contribution in [1.29, 1.82) is 0 Å². The van der Waals surface area contributed by atoms with E-state index in [1.165, 1.54) is 12.1 Å². The fraction of sp³-hybridized carbons (Fsp3) is 0.143. The molecule has 0 fully saturated rings. The molecule has 0 aliphatic carbocycles. The van der Waals surface area contributed by atoms with Gasteiger partial charge in [0.25, 0.3) is 5.69 Å². The van der Waals surface area contributed by atoms with Gasteiger partial charge in [0, 0.05) is 12.1 Å². The minimum atomic E-state index is -0.487. The Morgan fingerprint density at radius 3 is 2.54 bits per heavy atom. The van der Waals surface area contributed by atoms with E-state index >= 15 is 0 Å². The minimum Gasteiger partial charge on any atom is -1.00 e. The van der Waals surface area contributed by atoms with Crippen LogP contribution in [0.15, 0.2) is 24.3 Å². The molecule has 0 amide bonds. The standard InChI is InChI=1S/C7H7NO3.HI.Na/c9-5-6-2-1-3-7(4-6)8(10)11;;/h1-4,9H,5H2;1H;/q;;+1/p-1. The molecule has 1 N–H and O–H groups in total. The fourth-order valence-corrected chi connectivity index (χ4v) is 0.768. The Bertz CT molecular complexity index is 282. The molecule has 0 aromatic heterocycles. The zero-order valence-electron chi connectivity index (χ0n) is 7.11. The van der Waals surface area contributed by atoms with Crippen LogP contribution in [-0.4, -0.2) is 10.0 Å². The molecule has 0 spiro atoms. The van der Waals surface area contributed by atoms with Crippen molar-refractivity contribution in [3.63, 3.8) is 0 Å². The molecule has 0 bridgehead atoms.